The molecule has 2 N–H and O–H groups in total. The molecule has 1 fully saturated rings. The van der Waals surface area contributed by atoms with E-state index < -0.39 is 11.6 Å². The summed E-state index contributed by atoms with van der Waals surface area (Å²) in [6.07, 6.45) is 6.16. The number of unbranched alkanes of at least 4 members (excludes halogenated alkanes) is 2. The van der Waals surface area contributed by atoms with E-state index in [2.05, 4.69) is 13.8 Å². The van der Waals surface area contributed by atoms with Crippen LogP contribution >= 0.6 is 0 Å². The van der Waals surface area contributed by atoms with Gasteiger partial charge in [0, 0.05) is 19.1 Å². The van der Waals surface area contributed by atoms with Gasteiger partial charge in [-0.2, -0.15) is 0 Å². The number of rotatable bonds is 8. The number of nitrogens with two attached hydrogens (primary N) is 1. The van der Waals surface area contributed by atoms with Gasteiger partial charge in [0.2, 0.25) is 6.10 Å². The van der Waals surface area contributed by atoms with Crippen LogP contribution in [0.1, 0.15) is 65.2 Å². The zero-order chi connectivity index (χ0) is 23.4. The van der Waals surface area contributed by atoms with Gasteiger partial charge in [0.05, 0.1) is 0 Å². The van der Waals surface area contributed by atoms with Crippen molar-refractivity contribution in [3.63, 3.8) is 0 Å². The molecule has 180 valence electrons. The second kappa shape index (κ2) is 10.0. The molecule has 3 heterocycles. The Bertz CT molecular complexity index is 886. The highest BCUT2D eigenvalue weighted by atomic mass is 16.6. The number of carbonyl (C=O) groups is 2. The number of likely N-dealkylation sites (tertiary alicyclic amines) is 1. The van der Waals surface area contributed by atoms with Crippen LogP contribution in [0.2, 0.25) is 0 Å². The molecule has 1 aromatic carbocycles. The molecule has 8 nitrogen and oxygen atoms in total. The van der Waals surface area contributed by atoms with Gasteiger partial charge < -0.3 is 20.1 Å². The van der Waals surface area contributed by atoms with Crippen LogP contribution in [-0.2, 0) is 9.59 Å². The summed E-state index contributed by atoms with van der Waals surface area (Å²) in [4.78, 5) is 34.9. The number of hydrogen-bond acceptors (Lipinski definition) is 6. The Hall–Kier alpha value is -2.77. The third kappa shape index (κ3) is 4.66. The van der Waals surface area contributed by atoms with Crippen molar-refractivity contribution in [2.24, 2.45) is 10.7 Å². The molecule has 1 unspecified atom stereocenters. The lowest BCUT2D eigenvalue weighted by atomic mass is 9.86. The van der Waals surface area contributed by atoms with Gasteiger partial charge in [-0.05, 0) is 37.8 Å². The van der Waals surface area contributed by atoms with Crippen molar-refractivity contribution >= 4 is 17.8 Å². The number of para-hydroxylation sites is 2. The van der Waals surface area contributed by atoms with Crippen molar-refractivity contribution in [2.45, 2.75) is 82.9 Å². The molecule has 2 amide bonds. The predicted molar refractivity (Wildman–Crippen MR) is 126 cm³/mol. The van der Waals surface area contributed by atoms with Gasteiger partial charge in [-0.3, -0.25) is 14.5 Å². The summed E-state index contributed by atoms with van der Waals surface area (Å²) in [5.41, 5.74) is 5.61. The molecule has 0 saturated carbocycles. The molecule has 0 aromatic heterocycles. The topological polar surface area (TPSA) is 97.5 Å². The van der Waals surface area contributed by atoms with Gasteiger partial charge in [-0.15, -0.1) is 0 Å². The van der Waals surface area contributed by atoms with E-state index in [-0.39, 0.29) is 24.5 Å². The van der Waals surface area contributed by atoms with Gasteiger partial charge in [0.15, 0.2) is 17.5 Å². The molecule has 0 radical (unpaired) electrons. The minimum atomic E-state index is -0.705. The lowest BCUT2D eigenvalue weighted by molar-refractivity contribution is -0.143. The molecule has 1 aromatic rings. The Morgan fingerprint density at radius 1 is 1.12 bits per heavy atom. The standard InChI is InChI=1S/C25H36N4O4/c1-3-5-13-25(14-6-4-2)23(31)29(24(26)27-25)18-11-15-28(16-12-18)22(30)21-17-32-19-9-7-8-10-20(19)33-21/h7-10,18,21H,3-6,11-17H2,1-2H3,(H2,26,27). The van der Waals surface area contributed by atoms with E-state index >= 15 is 0 Å². The smallest absolute Gasteiger partial charge is 0.267 e. The van der Waals surface area contributed by atoms with E-state index in [4.69, 9.17) is 20.2 Å². The summed E-state index contributed by atoms with van der Waals surface area (Å²) in [5, 5.41) is 0. The number of nitrogens with zero attached hydrogens (tertiary/aromatic N) is 3. The molecular formula is C25H36N4O4. The molecule has 8 heteroatoms. The lowest BCUT2D eigenvalue weighted by Gasteiger charge is -2.39. The molecule has 3 aliphatic rings. The summed E-state index contributed by atoms with van der Waals surface area (Å²) in [6.45, 7) is 5.57. The van der Waals surface area contributed by atoms with E-state index in [0.29, 0.717) is 43.4 Å². The molecule has 1 atom stereocenters. The van der Waals surface area contributed by atoms with Crippen LogP contribution in [0.3, 0.4) is 0 Å². The van der Waals surface area contributed by atoms with Crippen LogP contribution < -0.4 is 15.2 Å². The Morgan fingerprint density at radius 2 is 1.76 bits per heavy atom. The van der Waals surface area contributed by atoms with Crippen LogP contribution in [-0.4, -0.2) is 65.0 Å². The number of guanidine groups is 1. The molecule has 4 rings (SSSR count). The fraction of sp³-hybridized carbons (Fsp3) is 0.640. The highest BCUT2D eigenvalue weighted by Crippen LogP contribution is 2.36. The predicted octanol–water partition coefficient (Wildman–Crippen LogP) is 3.09. The molecular weight excluding hydrogens is 420 g/mol. The first kappa shape index (κ1) is 23.4. The van der Waals surface area contributed by atoms with Crippen LogP contribution in [0.25, 0.3) is 0 Å². The molecule has 3 aliphatic heterocycles. The van der Waals surface area contributed by atoms with Gasteiger partial charge in [-0.1, -0.05) is 51.7 Å². The Kier molecular flexibility index (Phi) is 7.10. The number of piperidine rings is 1. The minimum Gasteiger partial charge on any atom is -0.485 e. The van der Waals surface area contributed by atoms with E-state index in [0.717, 1.165) is 38.5 Å². The van der Waals surface area contributed by atoms with Crippen molar-refractivity contribution < 1.29 is 19.1 Å². The number of ether oxygens (including phenoxy) is 2. The number of fused-ring (bicyclic) bond motifs is 1. The third-order valence-electron chi connectivity index (χ3n) is 7.01. The highest BCUT2D eigenvalue weighted by molar-refractivity contribution is 6.07. The van der Waals surface area contributed by atoms with E-state index in [1.54, 1.807) is 4.90 Å². The van der Waals surface area contributed by atoms with Crippen LogP contribution in [0.15, 0.2) is 29.3 Å². The average Bonchev–Trinajstić information content (AvgIpc) is 3.10. The monoisotopic (exact) mass is 456 g/mol. The minimum absolute atomic E-state index is 0.0281. The summed E-state index contributed by atoms with van der Waals surface area (Å²) in [6, 6.07) is 7.36. The maximum absolute atomic E-state index is 13.5. The number of aliphatic imine (C=N–C) groups is 1. The van der Waals surface area contributed by atoms with E-state index in [1.165, 1.54) is 0 Å². The van der Waals surface area contributed by atoms with E-state index in [1.807, 2.05) is 29.2 Å². The van der Waals surface area contributed by atoms with Crippen molar-refractivity contribution in [3.05, 3.63) is 24.3 Å². The summed E-state index contributed by atoms with van der Waals surface area (Å²) in [7, 11) is 0. The molecule has 1 saturated heterocycles. The number of hydrogen-bond donors (Lipinski definition) is 1. The van der Waals surface area contributed by atoms with Crippen molar-refractivity contribution in [2.75, 3.05) is 19.7 Å². The maximum Gasteiger partial charge on any atom is 0.267 e. The van der Waals surface area contributed by atoms with Crippen LogP contribution in [0.5, 0.6) is 11.5 Å². The SMILES string of the molecule is CCCCC1(CCCC)N=C(N)N(C2CCN(C(=O)C3COc4ccccc4O3)CC2)C1=O. The van der Waals surface area contributed by atoms with Gasteiger partial charge in [0.1, 0.15) is 12.1 Å². The summed E-state index contributed by atoms with van der Waals surface area (Å²) in [5.74, 6) is 1.58. The third-order valence-corrected chi connectivity index (χ3v) is 7.01. The van der Waals surface area contributed by atoms with Crippen molar-refractivity contribution in [1.82, 2.24) is 9.80 Å². The molecule has 0 bridgehead atoms. The zero-order valence-corrected chi connectivity index (χ0v) is 19.8. The first-order chi connectivity index (χ1) is 16.0. The largest absolute Gasteiger partial charge is 0.485 e. The normalized spacial score (nSPS) is 22.4. The number of carbonyl (C=O) groups excluding carboxylic acids is 2. The second-order valence-corrected chi connectivity index (χ2v) is 9.30. The lowest BCUT2D eigenvalue weighted by Crippen LogP contribution is -2.55. The van der Waals surface area contributed by atoms with Gasteiger partial charge in [-0.25, -0.2) is 4.99 Å². The number of benzene rings is 1. The summed E-state index contributed by atoms with van der Waals surface area (Å²) < 4.78 is 11.6. The first-order valence-corrected chi connectivity index (χ1v) is 12.4. The molecule has 0 aliphatic carbocycles. The Balaban J connectivity index is 1.37. The van der Waals surface area contributed by atoms with Crippen LogP contribution in [0.4, 0.5) is 0 Å². The molecule has 33 heavy (non-hydrogen) atoms. The number of amides is 2. The average molecular weight is 457 g/mol. The fourth-order valence-electron chi connectivity index (χ4n) is 5.08. The van der Waals surface area contributed by atoms with Crippen LogP contribution in [0, 0.1) is 0 Å². The fourth-order valence-corrected chi connectivity index (χ4v) is 5.08. The second-order valence-electron chi connectivity index (χ2n) is 9.30. The highest BCUT2D eigenvalue weighted by Gasteiger charge is 2.49. The van der Waals surface area contributed by atoms with E-state index in [9.17, 15) is 9.59 Å². The Labute approximate surface area is 196 Å². The van der Waals surface area contributed by atoms with Crippen molar-refractivity contribution in [3.8, 4) is 11.5 Å². The quantitative estimate of drug-likeness (QED) is 0.648. The summed E-state index contributed by atoms with van der Waals surface area (Å²) >= 11 is 0. The van der Waals surface area contributed by atoms with Gasteiger partial charge in [0.25, 0.3) is 11.8 Å². The van der Waals surface area contributed by atoms with Gasteiger partial charge >= 0.3 is 0 Å². The first-order valence-electron chi connectivity index (χ1n) is 12.4. The Morgan fingerprint density at radius 3 is 2.39 bits per heavy atom. The molecule has 0 spiro atoms. The maximum atomic E-state index is 13.5. The van der Waals surface area contributed by atoms with Crippen molar-refractivity contribution in [1.29, 1.82) is 0 Å². The zero-order valence-electron chi connectivity index (χ0n) is 19.8.